The summed E-state index contributed by atoms with van der Waals surface area (Å²) in [7, 11) is 0. The zero-order valence-electron chi connectivity index (χ0n) is 12.2. The van der Waals surface area contributed by atoms with Crippen LogP contribution >= 0.6 is 11.6 Å². The van der Waals surface area contributed by atoms with Gasteiger partial charge in [0.2, 0.25) is 0 Å². The lowest BCUT2D eigenvalue weighted by Crippen LogP contribution is -2.19. The van der Waals surface area contributed by atoms with E-state index < -0.39 is 5.91 Å². The molecule has 0 heterocycles. The van der Waals surface area contributed by atoms with Crippen molar-refractivity contribution in [1.29, 1.82) is 0 Å². The zero-order chi connectivity index (χ0) is 15.9. The van der Waals surface area contributed by atoms with E-state index in [9.17, 15) is 9.90 Å². The molecule has 0 bridgehead atoms. The first-order valence-electron chi connectivity index (χ1n) is 6.92. The molecular formula is C17H17ClN2O2. The molecule has 5 heteroatoms. The molecule has 0 saturated heterocycles. The van der Waals surface area contributed by atoms with Crippen LogP contribution in [0.3, 0.4) is 0 Å². The van der Waals surface area contributed by atoms with Crippen molar-refractivity contribution in [2.75, 3.05) is 0 Å². The number of phenols is 1. The van der Waals surface area contributed by atoms with Crippen molar-refractivity contribution in [2.45, 2.75) is 19.8 Å². The fraction of sp³-hybridized carbons (Fsp3) is 0.176. The number of hydrogen-bond acceptors (Lipinski definition) is 3. The molecule has 0 unspecified atom stereocenters. The number of carbonyl (C=O) groups is 1. The van der Waals surface area contributed by atoms with Crippen LogP contribution in [0.2, 0.25) is 5.02 Å². The van der Waals surface area contributed by atoms with E-state index in [-0.39, 0.29) is 11.3 Å². The molecule has 2 N–H and O–H groups in total. The summed E-state index contributed by atoms with van der Waals surface area (Å²) < 4.78 is 0. The van der Waals surface area contributed by atoms with Crippen LogP contribution in [0.1, 0.15) is 29.3 Å². The van der Waals surface area contributed by atoms with Gasteiger partial charge in [0, 0.05) is 10.7 Å². The van der Waals surface area contributed by atoms with Gasteiger partial charge in [-0.15, -0.1) is 0 Å². The Bertz CT molecular complexity index is 684. The Hall–Kier alpha value is -2.33. The Morgan fingerprint density at radius 3 is 2.68 bits per heavy atom. The lowest BCUT2D eigenvalue weighted by atomic mass is 10.1. The van der Waals surface area contributed by atoms with Gasteiger partial charge < -0.3 is 5.11 Å². The Morgan fingerprint density at radius 1 is 1.23 bits per heavy atom. The third kappa shape index (κ3) is 4.60. The maximum absolute atomic E-state index is 12.0. The predicted molar refractivity (Wildman–Crippen MR) is 88.5 cm³/mol. The van der Waals surface area contributed by atoms with Crippen molar-refractivity contribution in [3.63, 3.8) is 0 Å². The van der Waals surface area contributed by atoms with Crippen molar-refractivity contribution in [3.05, 3.63) is 64.7 Å². The summed E-state index contributed by atoms with van der Waals surface area (Å²) >= 11 is 5.81. The van der Waals surface area contributed by atoms with Gasteiger partial charge >= 0.3 is 0 Å². The van der Waals surface area contributed by atoms with Crippen LogP contribution in [-0.4, -0.2) is 16.7 Å². The molecule has 114 valence electrons. The molecule has 2 aromatic carbocycles. The Kier molecular flexibility index (Phi) is 5.55. The molecule has 0 aliphatic rings. The van der Waals surface area contributed by atoms with E-state index in [1.165, 1.54) is 23.8 Å². The highest BCUT2D eigenvalue weighted by Crippen LogP contribution is 2.21. The smallest absolute Gasteiger partial charge is 0.275 e. The molecular weight excluding hydrogens is 300 g/mol. The molecule has 1 amide bonds. The summed E-state index contributed by atoms with van der Waals surface area (Å²) in [6.45, 7) is 1.85. The standard InChI is InChI=1S/C17H17ClN2O2/c1-12(7-8-13-5-3-2-4-6-13)19-20-17(22)15-11-14(18)9-10-16(15)21/h2-6,9-11,21H,7-8H2,1H3,(H,20,22)/b19-12-. The van der Waals surface area contributed by atoms with Crippen LogP contribution in [0.5, 0.6) is 5.75 Å². The largest absolute Gasteiger partial charge is 0.507 e. The van der Waals surface area contributed by atoms with E-state index in [0.717, 1.165) is 18.6 Å². The molecule has 2 rings (SSSR count). The average Bonchev–Trinajstić information content (AvgIpc) is 2.54. The van der Waals surface area contributed by atoms with Gasteiger partial charge in [-0.25, -0.2) is 5.43 Å². The van der Waals surface area contributed by atoms with Gasteiger partial charge in [-0.2, -0.15) is 5.10 Å². The SMILES string of the molecule is C/C(CCc1ccccc1)=N/NC(=O)c1cc(Cl)ccc1O. The van der Waals surface area contributed by atoms with Gasteiger partial charge in [0.25, 0.3) is 5.91 Å². The second kappa shape index (κ2) is 7.61. The third-order valence-electron chi connectivity index (χ3n) is 3.17. The number of amides is 1. The Labute approximate surface area is 134 Å². The average molecular weight is 317 g/mol. The number of nitrogens with one attached hydrogen (secondary N) is 1. The first kappa shape index (κ1) is 16.0. The number of aryl methyl sites for hydroxylation is 1. The summed E-state index contributed by atoms with van der Waals surface area (Å²) in [6.07, 6.45) is 1.60. The summed E-state index contributed by atoms with van der Waals surface area (Å²) in [5.74, 6) is -0.613. The number of hydrazone groups is 1. The summed E-state index contributed by atoms with van der Waals surface area (Å²) in [5.41, 5.74) is 4.56. The lowest BCUT2D eigenvalue weighted by molar-refractivity contribution is 0.0952. The van der Waals surface area contributed by atoms with E-state index in [0.29, 0.717) is 5.02 Å². The number of benzene rings is 2. The van der Waals surface area contributed by atoms with E-state index in [1.54, 1.807) is 0 Å². The van der Waals surface area contributed by atoms with E-state index in [4.69, 9.17) is 11.6 Å². The van der Waals surface area contributed by atoms with Crippen molar-refractivity contribution in [1.82, 2.24) is 5.43 Å². The van der Waals surface area contributed by atoms with Gasteiger partial charge in [0.05, 0.1) is 5.56 Å². The van der Waals surface area contributed by atoms with Crippen molar-refractivity contribution >= 4 is 23.2 Å². The van der Waals surface area contributed by atoms with Gasteiger partial charge in [0.1, 0.15) is 5.75 Å². The molecule has 22 heavy (non-hydrogen) atoms. The molecule has 0 fully saturated rings. The molecule has 2 aromatic rings. The highest BCUT2D eigenvalue weighted by Gasteiger charge is 2.11. The second-order valence-corrected chi connectivity index (χ2v) is 5.37. The third-order valence-corrected chi connectivity index (χ3v) is 3.40. The minimum atomic E-state index is -0.487. The Balaban J connectivity index is 1.92. The molecule has 0 atom stereocenters. The first-order valence-corrected chi connectivity index (χ1v) is 7.30. The molecule has 0 saturated carbocycles. The fourth-order valence-electron chi connectivity index (χ4n) is 1.92. The quantitative estimate of drug-likeness (QED) is 0.651. The summed E-state index contributed by atoms with van der Waals surface area (Å²) in [4.78, 5) is 12.0. The van der Waals surface area contributed by atoms with Gasteiger partial charge in [-0.1, -0.05) is 41.9 Å². The highest BCUT2D eigenvalue weighted by atomic mass is 35.5. The number of aromatic hydroxyl groups is 1. The van der Waals surface area contributed by atoms with E-state index >= 15 is 0 Å². The van der Waals surface area contributed by atoms with Crippen molar-refractivity contribution < 1.29 is 9.90 Å². The van der Waals surface area contributed by atoms with Crippen LogP contribution < -0.4 is 5.43 Å². The number of hydrogen-bond donors (Lipinski definition) is 2. The van der Waals surface area contributed by atoms with Crippen LogP contribution in [0.25, 0.3) is 0 Å². The van der Waals surface area contributed by atoms with E-state index in [2.05, 4.69) is 22.7 Å². The maximum Gasteiger partial charge on any atom is 0.275 e. The van der Waals surface area contributed by atoms with Crippen molar-refractivity contribution in [3.8, 4) is 5.75 Å². The molecule has 4 nitrogen and oxygen atoms in total. The molecule has 0 aromatic heterocycles. The van der Waals surface area contributed by atoms with E-state index in [1.807, 2.05) is 25.1 Å². The first-order chi connectivity index (χ1) is 10.6. The molecule has 0 spiro atoms. The van der Waals surface area contributed by atoms with Gasteiger partial charge in [-0.3, -0.25) is 4.79 Å². The number of rotatable bonds is 5. The highest BCUT2D eigenvalue weighted by molar-refractivity contribution is 6.31. The van der Waals surface area contributed by atoms with Crippen LogP contribution in [-0.2, 0) is 6.42 Å². The van der Waals surface area contributed by atoms with Crippen LogP contribution in [0.4, 0.5) is 0 Å². The van der Waals surface area contributed by atoms with Crippen LogP contribution in [0.15, 0.2) is 53.6 Å². The lowest BCUT2D eigenvalue weighted by Gasteiger charge is -2.05. The van der Waals surface area contributed by atoms with Crippen molar-refractivity contribution in [2.24, 2.45) is 5.10 Å². The molecule has 0 radical (unpaired) electrons. The fourth-order valence-corrected chi connectivity index (χ4v) is 2.09. The topological polar surface area (TPSA) is 61.7 Å². The minimum absolute atomic E-state index is 0.104. The van der Waals surface area contributed by atoms with Gasteiger partial charge in [0.15, 0.2) is 0 Å². The second-order valence-electron chi connectivity index (χ2n) is 4.94. The number of halogens is 1. The minimum Gasteiger partial charge on any atom is -0.507 e. The molecule has 0 aliphatic heterocycles. The summed E-state index contributed by atoms with van der Waals surface area (Å²) in [5, 5.41) is 14.1. The van der Waals surface area contributed by atoms with Gasteiger partial charge in [-0.05, 0) is 43.5 Å². The van der Waals surface area contributed by atoms with Crippen LogP contribution in [0, 0.1) is 0 Å². The molecule has 0 aliphatic carbocycles. The Morgan fingerprint density at radius 2 is 1.95 bits per heavy atom. The monoisotopic (exact) mass is 316 g/mol. The summed E-state index contributed by atoms with van der Waals surface area (Å²) in [6, 6.07) is 14.4. The zero-order valence-corrected chi connectivity index (χ0v) is 13.0. The number of nitrogens with zero attached hydrogens (tertiary/aromatic N) is 1. The maximum atomic E-state index is 12.0. The number of phenolic OH excluding ortho intramolecular Hbond substituents is 1. The predicted octanol–water partition coefficient (Wildman–Crippen LogP) is 3.78. The number of carbonyl (C=O) groups excluding carboxylic acids is 1. The normalized spacial score (nSPS) is 11.3.